The number of hydrogen-bond donors (Lipinski definition) is 2. The summed E-state index contributed by atoms with van der Waals surface area (Å²) in [5, 5.41) is 2.55. The van der Waals surface area contributed by atoms with Crippen molar-refractivity contribution in [3.05, 3.63) is 59.9 Å². The van der Waals surface area contributed by atoms with Crippen molar-refractivity contribution in [1.82, 2.24) is 4.72 Å². The summed E-state index contributed by atoms with van der Waals surface area (Å²) in [6, 6.07) is 11.9. The first-order valence-electron chi connectivity index (χ1n) is 8.10. The zero-order valence-corrected chi connectivity index (χ0v) is 15.4. The number of halogens is 1. The molecule has 0 aliphatic carbocycles. The zero-order valence-electron chi connectivity index (χ0n) is 14.6. The average molecular weight is 394 g/mol. The molecule has 2 aromatic rings. The van der Waals surface area contributed by atoms with Gasteiger partial charge in [-0.15, -0.1) is 0 Å². The van der Waals surface area contributed by atoms with Crippen molar-refractivity contribution in [2.24, 2.45) is 0 Å². The van der Waals surface area contributed by atoms with E-state index in [2.05, 4.69) is 5.32 Å². The van der Waals surface area contributed by atoms with Crippen molar-refractivity contribution >= 4 is 27.6 Å². The second-order valence-electron chi connectivity index (χ2n) is 5.51. The number of carbonyl (C=O) groups excluding carboxylic acids is 2. The highest BCUT2D eigenvalue weighted by atomic mass is 32.2. The van der Waals surface area contributed by atoms with Gasteiger partial charge in [0.25, 0.3) is 5.91 Å². The largest absolute Gasteiger partial charge is 0.455 e. The molecule has 2 aromatic carbocycles. The van der Waals surface area contributed by atoms with Crippen molar-refractivity contribution in [3.8, 4) is 0 Å². The van der Waals surface area contributed by atoms with E-state index < -0.39 is 45.8 Å². The van der Waals surface area contributed by atoms with Gasteiger partial charge in [-0.25, -0.2) is 12.8 Å². The van der Waals surface area contributed by atoms with Gasteiger partial charge in [-0.2, -0.15) is 4.72 Å². The van der Waals surface area contributed by atoms with Crippen LogP contribution in [0.1, 0.15) is 12.5 Å². The summed E-state index contributed by atoms with van der Waals surface area (Å²) >= 11 is 0. The van der Waals surface area contributed by atoms with Gasteiger partial charge in [-0.05, 0) is 36.2 Å². The number of benzene rings is 2. The quantitative estimate of drug-likeness (QED) is 0.666. The highest BCUT2D eigenvalue weighted by molar-refractivity contribution is 7.89. The predicted molar refractivity (Wildman–Crippen MR) is 97.0 cm³/mol. The molecule has 0 bridgehead atoms. The Labute approximate surface area is 156 Å². The van der Waals surface area contributed by atoms with Crippen LogP contribution in [0.25, 0.3) is 0 Å². The molecule has 0 spiro atoms. The fourth-order valence-corrected chi connectivity index (χ4v) is 3.16. The van der Waals surface area contributed by atoms with Crippen LogP contribution in [-0.4, -0.2) is 33.4 Å². The molecule has 7 nitrogen and oxygen atoms in total. The van der Waals surface area contributed by atoms with E-state index in [4.69, 9.17) is 4.74 Å². The molecule has 0 fully saturated rings. The number of carbonyl (C=O) groups is 2. The maximum atomic E-state index is 13.5. The molecule has 0 radical (unpaired) electrons. The maximum Gasteiger partial charge on any atom is 0.321 e. The van der Waals surface area contributed by atoms with E-state index in [-0.39, 0.29) is 0 Å². The Kier molecular flexibility index (Phi) is 7.03. The molecule has 2 rings (SSSR count). The molecule has 0 aromatic heterocycles. The lowest BCUT2D eigenvalue weighted by Gasteiger charge is -2.09. The average Bonchev–Trinajstić information content (AvgIpc) is 2.65. The van der Waals surface area contributed by atoms with Gasteiger partial charge in [-0.1, -0.05) is 31.2 Å². The number of sulfonamides is 1. The molecule has 1 amide bonds. The molecular weight excluding hydrogens is 375 g/mol. The lowest BCUT2D eigenvalue weighted by molar-refractivity contribution is -0.146. The van der Waals surface area contributed by atoms with E-state index in [9.17, 15) is 22.4 Å². The molecule has 144 valence electrons. The van der Waals surface area contributed by atoms with Crippen molar-refractivity contribution in [2.45, 2.75) is 18.2 Å². The smallest absolute Gasteiger partial charge is 0.321 e. The molecule has 0 saturated heterocycles. The number of aryl methyl sites for hydroxylation is 1. The highest BCUT2D eigenvalue weighted by Gasteiger charge is 2.20. The molecule has 0 heterocycles. The molecule has 0 unspecified atom stereocenters. The Balaban J connectivity index is 1.80. The maximum absolute atomic E-state index is 13.5. The van der Waals surface area contributed by atoms with Crippen LogP contribution in [0.2, 0.25) is 0 Å². The number of esters is 1. The Morgan fingerprint density at radius 3 is 2.37 bits per heavy atom. The van der Waals surface area contributed by atoms with E-state index in [1.807, 2.05) is 23.8 Å². The normalized spacial score (nSPS) is 11.0. The van der Waals surface area contributed by atoms with Gasteiger partial charge in [-0.3, -0.25) is 9.59 Å². The minimum absolute atomic E-state index is 0.550. The first-order valence-corrected chi connectivity index (χ1v) is 9.58. The van der Waals surface area contributed by atoms with Crippen LogP contribution < -0.4 is 10.0 Å². The van der Waals surface area contributed by atoms with Crippen molar-refractivity contribution in [1.29, 1.82) is 0 Å². The van der Waals surface area contributed by atoms with E-state index in [1.165, 1.54) is 12.1 Å². The molecular formula is C18H19FN2O5S. The van der Waals surface area contributed by atoms with Crippen LogP contribution in [0.15, 0.2) is 53.4 Å². The molecule has 2 N–H and O–H groups in total. The third kappa shape index (κ3) is 6.15. The summed E-state index contributed by atoms with van der Waals surface area (Å²) in [6.07, 6.45) is 0.870. The van der Waals surface area contributed by atoms with Crippen LogP contribution in [0.5, 0.6) is 0 Å². The van der Waals surface area contributed by atoms with E-state index in [0.29, 0.717) is 5.69 Å². The van der Waals surface area contributed by atoms with Gasteiger partial charge in [0, 0.05) is 5.69 Å². The van der Waals surface area contributed by atoms with Crippen LogP contribution in [0.3, 0.4) is 0 Å². The topological polar surface area (TPSA) is 102 Å². The highest BCUT2D eigenvalue weighted by Crippen LogP contribution is 2.13. The van der Waals surface area contributed by atoms with Crippen LogP contribution in [0.4, 0.5) is 10.1 Å². The first-order chi connectivity index (χ1) is 12.8. The Bertz CT molecular complexity index is 914. The molecule has 0 aliphatic rings. The van der Waals surface area contributed by atoms with Gasteiger partial charge >= 0.3 is 5.97 Å². The Morgan fingerprint density at radius 1 is 1.07 bits per heavy atom. The van der Waals surface area contributed by atoms with Crippen LogP contribution >= 0.6 is 0 Å². The van der Waals surface area contributed by atoms with Gasteiger partial charge < -0.3 is 10.1 Å². The van der Waals surface area contributed by atoms with Gasteiger partial charge in [0.2, 0.25) is 10.0 Å². The Hall–Kier alpha value is -2.78. The van der Waals surface area contributed by atoms with E-state index >= 15 is 0 Å². The second-order valence-corrected chi connectivity index (χ2v) is 7.25. The van der Waals surface area contributed by atoms with Crippen molar-refractivity contribution in [2.75, 3.05) is 18.5 Å². The first kappa shape index (κ1) is 20.5. The number of nitrogens with one attached hydrogen (secondary N) is 2. The fourth-order valence-electron chi connectivity index (χ4n) is 2.11. The summed E-state index contributed by atoms with van der Waals surface area (Å²) in [6.45, 7) is 0.707. The monoisotopic (exact) mass is 394 g/mol. The van der Waals surface area contributed by atoms with E-state index in [1.54, 1.807) is 12.1 Å². The molecule has 27 heavy (non-hydrogen) atoms. The number of hydrogen-bond acceptors (Lipinski definition) is 5. The summed E-state index contributed by atoms with van der Waals surface area (Å²) in [4.78, 5) is 22.8. The summed E-state index contributed by atoms with van der Waals surface area (Å²) in [7, 11) is -4.21. The molecule has 9 heteroatoms. The minimum Gasteiger partial charge on any atom is -0.455 e. The lowest BCUT2D eigenvalue weighted by atomic mass is 10.1. The van der Waals surface area contributed by atoms with Gasteiger partial charge in [0.05, 0.1) is 0 Å². The van der Waals surface area contributed by atoms with Gasteiger partial charge in [0.15, 0.2) is 6.61 Å². The third-order valence-corrected chi connectivity index (χ3v) is 4.98. The van der Waals surface area contributed by atoms with Crippen LogP contribution in [-0.2, 0) is 30.8 Å². The zero-order chi connectivity index (χ0) is 19.9. The van der Waals surface area contributed by atoms with Gasteiger partial charge in [0.1, 0.15) is 17.3 Å². The SMILES string of the molecule is CCc1ccc(NC(=O)COC(=O)CNS(=O)(=O)c2ccccc2F)cc1. The Morgan fingerprint density at radius 2 is 1.74 bits per heavy atom. The number of anilines is 1. The number of ether oxygens (including phenoxy) is 1. The molecule has 0 saturated carbocycles. The minimum atomic E-state index is -4.21. The standard InChI is InChI=1S/C18H19FN2O5S/c1-2-13-7-9-14(10-8-13)21-17(22)12-26-18(23)11-20-27(24,25)16-6-4-3-5-15(16)19/h3-10,20H,2,11-12H2,1H3,(H,21,22). The van der Waals surface area contributed by atoms with Crippen molar-refractivity contribution < 1.29 is 27.1 Å². The second kappa shape index (κ2) is 9.24. The summed E-state index contributed by atoms with van der Waals surface area (Å²) < 4.78 is 44.1. The molecule has 0 aliphatic heterocycles. The van der Waals surface area contributed by atoms with Crippen molar-refractivity contribution in [3.63, 3.8) is 0 Å². The summed E-state index contributed by atoms with van der Waals surface area (Å²) in [5.74, 6) is -2.47. The number of amides is 1. The predicted octanol–water partition coefficient (Wildman–Crippen LogP) is 1.85. The molecule has 0 atom stereocenters. The lowest BCUT2D eigenvalue weighted by Crippen LogP contribution is -2.32. The fraction of sp³-hybridized carbons (Fsp3) is 0.222. The summed E-state index contributed by atoms with van der Waals surface area (Å²) in [5.41, 5.74) is 1.66. The number of rotatable bonds is 8. The van der Waals surface area contributed by atoms with Crippen LogP contribution in [0, 0.1) is 5.82 Å². The van der Waals surface area contributed by atoms with E-state index in [0.717, 1.165) is 24.1 Å². The third-order valence-electron chi connectivity index (χ3n) is 3.54.